The van der Waals surface area contributed by atoms with Crippen molar-refractivity contribution in [2.45, 2.75) is 37.3 Å². The number of fused-ring (bicyclic) bond motifs is 3. The van der Waals surface area contributed by atoms with Gasteiger partial charge in [-0.1, -0.05) is 12.1 Å². The van der Waals surface area contributed by atoms with Crippen LogP contribution in [-0.4, -0.2) is 61.9 Å². The lowest BCUT2D eigenvalue weighted by molar-refractivity contribution is -0.0158. The molecule has 3 aromatic rings. The lowest BCUT2D eigenvalue weighted by Gasteiger charge is -2.37. The smallest absolute Gasteiger partial charge is 0.251 e. The summed E-state index contributed by atoms with van der Waals surface area (Å²) in [4.78, 5) is 24.3. The molecule has 0 bridgehead atoms. The molecule has 2 saturated heterocycles. The zero-order valence-electron chi connectivity index (χ0n) is 19.5. The van der Waals surface area contributed by atoms with Crippen LogP contribution in [0.15, 0.2) is 47.0 Å². The molecular formula is C26H26FN5O4. The number of benzene rings is 1. The van der Waals surface area contributed by atoms with Crippen LogP contribution in [0, 0.1) is 5.82 Å². The van der Waals surface area contributed by atoms with Gasteiger partial charge in [0.25, 0.3) is 5.56 Å². The number of hydroxylamine groups is 2. The fourth-order valence-electron chi connectivity index (χ4n) is 6.03. The van der Waals surface area contributed by atoms with Crippen LogP contribution in [0.2, 0.25) is 0 Å². The number of pyridine rings is 2. The Morgan fingerprint density at radius 3 is 2.89 bits per heavy atom. The average Bonchev–Trinajstić information content (AvgIpc) is 3.60. The fourth-order valence-corrected chi connectivity index (χ4v) is 6.03. The van der Waals surface area contributed by atoms with Crippen molar-refractivity contribution in [3.63, 3.8) is 0 Å². The lowest BCUT2D eigenvalue weighted by atomic mass is 9.93. The van der Waals surface area contributed by atoms with Gasteiger partial charge in [-0.2, -0.15) is 0 Å². The van der Waals surface area contributed by atoms with Gasteiger partial charge >= 0.3 is 0 Å². The summed E-state index contributed by atoms with van der Waals surface area (Å²) in [5.41, 5.74) is 2.16. The van der Waals surface area contributed by atoms with Gasteiger partial charge in [-0.05, 0) is 49.7 Å². The number of rotatable bonds is 5. The minimum atomic E-state index is -1.48. The summed E-state index contributed by atoms with van der Waals surface area (Å²) >= 11 is 0. The molecule has 0 saturated carbocycles. The number of hydrogen-bond donors (Lipinski definition) is 3. The Hall–Kier alpha value is -3.31. The molecule has 2 aromatic heterocycles. The minimum Gasteiger partial charge on any atom is -0.507 e. The van der Waals surface area contributed by atoms with Crippen LogP contribution in [0.4, 0.5) is 4.39 Å². The highest BCUT2D eigenvalue weighted by Crippen LogP contribution is 2.49. The van der Waals surface area contributed by atoms with E-state index in [1.807, 2.05) is 23.3 Å². The van der Waals surface area contributed by atoms with Crippen LogP contribution in [0.3, 0.4) is 0 Å². The second kappa shape index (κ2) is 7.84. The fraction of sp³-hybridized carbons (Fsp3) is 0.385. The molecule has 9 nitrogen and oxygen atoms in total. The highest BCUT2D eigenvalue weighted by Gasteiger charge is 2.46. The molecule has 6 heterocycles. The molecule has 4 aliphatic heterocycles. The summed E-state index contributed by atoms with van der Waals surface area (Å²) < 4.78 is 16.3. The molecule has 0 radical (unpaired) electrons. The summed E-state index contributed by atoms with van der Waals surface area (Å²) in [7, 11) is 0. The molecule has 1 unspecified atom stereocenters. The topological polar surface area (TPSA) is 106 Å². The van der Waals surface area contributed by atoms with E-state index >= 15 is 0 Å². The standard InChI is InChI=1S/C26H26FN5O4/c27-18-12-29-19-4-5-21(34)31-14-26(35,23(18)24(19)31)13-30-8-6-16(7-9-30)28-11-17-10-15-2-1-3-20(33)22(15)25-32(17)36-25/h1-5,10,12,16,25,28,33,35H,6-9,11,13-14H2/t25?,26-,32?/m0/s1. The summed E-state index contributed by atoms with van der Waals surface area (Å²) in [6.07, 6.45) is 4.72. The number of hydrogen-bond acceptors (Lipinski definition) is 8. The van der Waals surface area contributed by atoms with E-state index < -0.39 is 11.4 Å². The summed E-state index contributed by atoms with van der Waals surface area (Å²) in [6, 6.07) is 8.77. The molecule has 0 amide bonds. The SMILES string of the molecule is O=c1ccc2ncc(F)c3c2n1C[C@@]3(O)CN1CCC(NCC2=Cc3cccc(O)c3C3ON23)CC1. The number of phenolic OH excluding ortho intramolecular Hbond substituents is 1. The number of nitrogens with one attached hydrogen (secondary N) is 1. The molecule has 3 N–H and O–H groups in total. The first-order chi connectivity index (χ1) is 17.4. The summed E-state index contributed by atoms with van der Waals surface area (Å²) in [5, 5.41) is 27.1. The van der Waals surface area contributed by atoms with Crippen molar-refractivity contribution in [2.24, 2.45) is 0 Å². The van der Waals surface area contributed by atoms with Gasteiger partial charge in [0.15, 0.2) is 0 Å². The molecule has 10 heteroatoms. The third-order valence-electron chi connectivity index (χ3n) is 7.83. The molecule has 36 heavy (non-hydrogen) atoms. The highest BCUT2D eigenvalue weighted by atomic mass is 19.1. The van der Waals surface area contributed by atoms with Gasteiger partial charge in [0.05, 0.1) is 40.6 Å². The Morgan fingerprint density at radius 1 is 1.22 bits per heavy atom. The molecule has 2 atom stereocenters. The van der Waals surface area contributed by atoms with Gasteiger partial charge < -0.3 is 20.1 Å². The van der Waals surface area contributed by atoms with Crippen molar-refractivity contribution in [3.05, 3.63) is 75.1 Å². The number of aliphatic hydroxyl groups is 1. The first-order valence-electron chi connectivity index (χ1n) is 12.3. The quantitative estimate of drug-likeness (QED) is 0.464. The predicted octanol–water partition coefficient (Wildman–Crippen LogP) is 1.80. The average molecular weight is 492 g/mol. The van der Waals surface area contributed by atoms with E-state index in [9.17, 15) is 19.4 Å². The third-order valence-corrected chi connectivity index (χ3v) is 7.83. The van der Waals surface area contributed by atoms with Crippen LogP contribution >= 0.6 is 0 Å². The van der Waals surface area contributed by atoms with Gasteiger partial charge in [-0.15, -0.1) is 0 Å². The van der Waals surface area contributed by atoms with Gasteiger partial charge in [0.2, 0.25) is 6.23 Å². The molecule has 0 aliphatic carbocycles. The van der Waals surface area contributed by atoms with Gasteiger partial charge in [-0.25, -0.2) is 14.3 Å². The monoisotopic (exact) mass is 491 g/mol. The van der Waals surface area contributed by atoms with Crippen molar-refractivity contribution < 1.29 is 19.4 Å². The second-order valence-corrected chi connectivity index (χ2v) is 10.1. The van der Waals surface area contributed by atoms with E-state index in [2.05, 4.69) is 15.2 Å². The Bertz CT molecular complexity index is 1480. The zero-order valence-corrected chi connectivity index (χ0v) is 19.5. The number of β-amino-alcohol motifs (C(OH)–C–C–N with tert-alkyl or cyclic N) is 1. The summed E-state index contributed by atoms with van der Waals surface area (Å²) in [6.45, 7) is 2.44. The summed E-state index contributed by atoms with van der Waals surface area (Å²) in [5.74, 6) is -0.329. The zero-order chi connectivity index (χ0) is 24.6. The van der Waals surface area contributed by atoms with Crippen LogP contribution in [0.5, 0.6) is 5.75 Å². The van der Waals surface area contributed by atoms with E-state index in [1.165, 1.54) is 10.6 Å². The predicted molar refractivity (Wildman–Crippen MR) is 129 cm³/mol. The Labute approximate surface area is 206 Å². The van der Waals surface area contributed by atoms with Gasteiger partial charge in [-0.3, -0.25) is 14.7 Å². The molecule has 186 valence electrons. The van der Waals surface area contributed by atoms with Crippen molar-refractivity contribution >= 4 is 17.1 Å². The maximum atomic E-state index is 14.8. The number of likely N-dealkylation sites (tertiary alicyclic amines) is 1. The van der Waals surface area contributed by atoms with Crippen molar-refractivity contribution in [2.75, 3.05) is 26.2 Å². The highest BCUT2D eigenvalue weighted by molar-refractivity contribution is 5.81. The number of phenols is 1. The number of aromatic nitrogens is 2. The van der Waals surface area contributed by atoms with E-state index in [4.69, 9.17) is 4.84 Å². The largest absolute Gasteiger partial charge is 0.507 e. The molecular weight excluding hydrogens is 465 g/mol. The van der Waals surface area contributed by atoms with Crippen LogP contribution in [0.1, 0.15) is 35.8 Å². The molecule has 4 aliphatic rings. The normalized spacial score (nSPS) is 25.1. The van der Waals surface area contributed by atoms with Gasteiger partial charge in [0, 0.05) is 25.2 Å². The first kappa shape index (κ1) is 21.9. The number of halogens is 1. The molecule has 2 fully saturated rings. The number of nitrogens with zero attached hydrogens (tertiary/aromatic N) is 4. The van der Waals surface area contributed by atoms with Crippen LogP contribution in [-0.2, 0) is 17.0 Å². The second-order valence-electron chi connectivity index (χ2n) is 10.1. The van der Waals surface area contributed by atoms with E-state index in [0.717, 1.165) is 49.0 Å². The molecule has 7 rings (SSSR count). The maximum absolute atomic E-state index is 14.8. The number of piperidine rings is 1. The minimum absolute atomic E-state index is 0.0292. The van der Waals surface area contributed by atoms with Crippen molar-refractivity contribution in [1.29, 1.82) is 0 Å². The molecule has 1 aromatic carbocycles. The lowest BCUT2D eigenvalue weighted by Crippen LogP contribution is -2.49. The molecule has 0 spiro atoms. The Kier molecular flexibility index (Phi) is 4.78. The van der Waals surface area contributed by atoms with Crippen LogP contribution in [0.25, 0.3) is 17.1 Å². The van der Waals surface area contributed by atoms with E-state index in [0.29, 0.717) is 23.6 Å². The van der Waals surface area contributed by atoms with Crippen molar-refractivity contribution in [3.8, 4) is 5.75 Å². The maximum Gasteiger partial charge on any atom is 0.251 e. The first-order valence-corrected chi connectivity index (χ1v) is 12.3. The van der Waals surface area contributed by atoms with E-state index in [-0.39, 0.29) is 36.2 Å². The Morgan fingerprint density at radius 2 is 2.06 bits per heavy atom. The van der Waals surface area contributed by atoms with Crippen molar-refractivity contribution in [1.82, 2.24) is 24.8 Å². The van der Waals surface area contributed by atoms with Gasteiger partial charge in [0.1, 0.15) is 17.2 Å². The van der Waals surface area contributed by atoms with E-state index in [1.54, 1.807) is 12.1 Å². The number of aromatic hydroxyl groups is 1. The van der Waals surface area contributed by atoms with Crippen LogP contribution < -0.4 is 10.9 Å². The third kappa shape index (κ3) is 3.36. The Balaban J connectivity index is 1.00.